The van der Waals surface area contributed by atoms with E-state index in [0.29, 0.717) is 11.7 Å². The van der Waals surface area contributed by atoms with Crippen LogP contribution in [-0.4, -0.2) is 40.0 Å². The van der Waals surface area contributed by atoms with E-state index >= 15 is 0 Å². The molecule has 4 aromatic rings. The normalized spacial score (nSPS) is 11.6. The van der Waals surface area contributed by atoms with E-state index in [-0.39, 0.29) is 0 Å². The second-order valence-corrected chi connectivity index (χ2v) is 9.21. The van der Waals surface area contributed by atoms with E-state index in [4.69, 9.17) is 10.1 Å². The van der Waals surface area contributed by atoms with Crippen molar-refractivity contribution in [2.45, 2.75) is 85.1 Å². The van der Waals surface area contributed by atoms with Gasteiger partial charge in [-0.3, -0.25) is 0 Å². The van der Waals surface area contributed by atoms with Gasteiger partial charge in [-0.1, -0.05) is 59.1 Å². The molecule has 0 aliphatic rings. The summed E-state index contributed by atoms with van der Waals surface area (Å²) in [6.45, 7) is 9.47. The van der Waals surface area contributed by atoms with Gasteiger partial charge >= 0.3 is 0 Å². The van der Waals surface area contributed by atoms with Crippen LogP contribution in [0.5, 0.6) is 0 Å². The van der Waals surface area contributed by atoms with Gasteiger partial charge in [-0.05, 0) is 54.3 Å². The van der Waals surface area contributed by atoms with Crippen LogP contribution in [0.25, 0.3) is 17.2 Å². The van der Waals surface area contributed by atoms with Crippen molar-refractivity contribution in [2.24, 2.45) is 0 Å². The van der Waals surface area contributed by atoms with Gasteiger partial charge in [0.25, 0.3) is 0 Å². The van der Waals surface area contributed by atoms with Gasteiger partial charge in [0, 0.05) is 23.7 Å². The third-order valence-electron chi connectivity index (χ3n) is 6.13. The summed E-state index contributed by atoms with van der Waals surface area (Å²) in [7, 11) is 0. The zero-order valence-corrected chi connectivity index (χ0v) is 20.8. The Balaban J connectivity index is 1.60. The van der Waals surface area contributed by atoms with E-state index in [1.807, 2.05) is 0 Å². The molecule has 0 atom stereocenters. The molecular formula is C26H36N8. The molecule has 8 heteroatoms. The molecule has 0 saturated heterocycles. The highest BCUT2D eigenvalue weighted by molar-refractivity contribution is 5.56. The van der Waals surface area contributed by atoms with Crippen LogP contribution in [0.4, 0.5) is 0 Å². The molecule has 0 aliphatic heterocycles. The first kappa shape index (κ1) is 23.9. The lowest BCUT2D eigenvalue weighted by molar-refractivity contribution is 0.610. The number of aromatic amines is 1. The van der Waals surface area contributed by atoms with E-state index in [9.17, 15) is 0 Å². The predicted octanol–water partition coefficient (Wildman–Crippen LogP) is 5.50. The Bertz CT molecular complexity index is 1150. The van der Waals surface area contributed by atoms with Gasteiger partial charge in [-0.25, -0.2) is 9.67 Å². The Labute approximate surface area is 201 Å². The lowest BCUT2D eigenvalue weighted by Gasteiger charge is -2.13. The Morgan fingerprint density at radius 1 is 0.912 bits per heavy atom. The maximum Gasteiger partial charge on any atom is 0.221 e. The van der Waals surface area contributed by atoms with Crippen molar-refractivity contribution in [3.8, 4) is 17.2 Å². The van der Waals surface area contributed by atoms with Crippen LogP contribution < -0.4 is 0 Å². The maximum atomic E-state index is 4.81. The summed E-state index contributed by atoms with van der Waals surface area (Å²) in [4.78, 5) is 4.81. The fraction of sp³-hybridized carbons (Fsp3) is 0.500. The van der Waals surface area contributed by atoms with Crippen LogP contribution in [0.3, 0.4) is 0 Å². The summed E-state index contributed by atoms with van der Waals surface area (Å²) in [6, 6.07) is 13.0. The Kier molecular flexibility index (Phi) is 7.87. The first-order valence-electron chi connectivity index (χ1n) is 12.6. The van der Waals surface area contributed by atoms with Crippen molar-refractivity contribution in [1.82, 2.24) is 40.0 Å². The van der Waals surface area contributed by atoms with Gasteiger partial charge < -0.3 is 4.57 Å². The number of nitrogens with zero attached hydrogens (tertiary/aromatic N) is 7. The van der Waals surface area contributed by atoms with Crippen LogP contribution in [0.2, 0.25) is 0 Å². The number of benzene rings is 1. The van der Waals surface area contributed by atoms with Gasteiger partial charge in [0.2, 0.25) is 5.82 Å². The second kappa shape index (κ2) is 11.2. The molecule has 0 amide bonds. The van der Waals surface area contributed by atoms with Gasteiger partial charge in [-0.15, -0.1) is 10.2 Å². The number of rotatable bonds is 12. The fourth-order valence-corrected chi connectivity index (χ4v) is 4.19. The first-order valence-corrected chi connectivity index (χ1v) is 12.6. The minimum Gasteiger partial charge on any atom is -0.311 e. The van der Waals surface area contributed by atoms with Crippen molar-refractivity contribution in [3.05, 3.63) is 59.3 Å². The number of unbranched alkanes of at least 4 members (excludes halogenated alkanes) is 3. The monoisotopic (exact) mass is 460 g/mol. The molecule has 0 unspecified atom stereocenters. The molecule has 180 valence electrons. The van der Waals surface area contributed by atoms with Crippen LogP contribution in [0, 0.1) is 0 Å². The molecular weight excluding hydrogens is 424 g/mol. The molecule has 0 saturated carbocycles. The van der Waals surface area contributed by atoms with Gasteiger partial charge in [0.15, 0.2) is 5.82 Å². The maximum absolute atomic E-state index is 4.81. The summed E-state index contributed by atoms with van der Waals surface area (Å²) in [6.07, 6.45) is 7.85. The Morgan fingerprint density at radius 3 is 2.38 bits per heavy atom. The summed E-state index contributed by atoms with van der Waals surface area (Å²) in [5.41, 5.74) is 4.53. The average molecular weight is 461 g/mol. The van der Waals surface area contributed by atoms with Crippen molar-refractivity contribution in [3.63, 3.8) is 0 Å². The summed E-state index contributed by atoms with van der Waals surface area (Å²) in [5, 5.41) is 19.6. The molecule has 1 N–H and O–H groups in total. The number of H-pyrrole nitrogens is 1. The number of nitrogens with one attached hydrogen (secondary N) is 1. The number of hydrogen-bond acceptors (Lipinski definition) is 5. The van der Waals surface area contributed by atoms with Gasteiger partial charge in [0.1, 0.15) is 5.82 Å². The molecule has 3 heterocycles. The SMILES string of the molecule is CCCCCc1ccc(-c2nn[nH]n2)n1-c1ccc(Cn2nc(C(C)C)nc2CCCC)cc1. The standard InChI is InChI=1S/C26H36N8/c1-5-7-9-10-21-16-17-23(26-28-31-32-29-26)34(21)22-14-12-20(13-15-22)18-33-24(11-8-6-2)27-25(30-33)19(3)4/h12-17,19H,5-11,18H2,1-4H3,(H,28,29,31,32). The molecule has 0 spiro atoms. The van der Waals surface area contributed by atoms with E-state index < -0.39 is 0 Å². The minimum absolute atomic E-state index is 0.326. The van der Waals surface area contributed by atoms with Crippen molar-refractivity contribution < 1.29 is 0 Å². The van der Waals surface area contributed by atoms with Crippen molar-refractivity contribution in [2.75, 3.05) is 0 Å². The van der Waals surface area contributed by atoms with E-state index in [1.54, 1.807) is 0 Å². The quantitative estimate of drug-likeness (QED) is 0.282. The summed E-state index contributed by atoms with van der Waals surface area (Å²) in [5.74, 6) is 2.94. The molecule has 8 nitrogen and oxygen atoms in total. The zero-order valence-electron chi connectivity index (χ0n) is 20.8. The van der Waals surface area contributed by atoms with Crippen LogP contribution >= 0.6 is 0 Å². The zero-order chi connectivity index (χ0) is 23.9. The molecule has 4 rings (SSSR count). The Hall–Kier alpha value is -3.29. The molecule has 0 fully saturated rings. The lowest BCUT2D eigenvalue weighted by Crippen LogP contribution is -2.08. The largest absolute Gasteiger partial charge is 0.311 e. The highest BCUT2D eigenvalue weighted by Crippen LogP contribution is 2.26. The highest BCUT2D eigenvalue weighted by Gasteiger charge is 2.16. The fourth-order valence-electron chi connectivity index (χ4n) is 4.19. The molecule has 1 aromatic carbocycles. The second-order valence-electron chi connectivity index (χ2n) is 9.21. The van der Waals surface area contributed by atoms with E-state index in [1.165, 1.54) is 24.1 Å². The molecule has 0 radical (unpaired) electrons. The van der Waals surface area contributed by atoms with Gasteiger partial charge in [-0.2, -0.15) is 10.3 Å². The highest BCUT2D eigenvalue weighted by atomic mass is 15.5. The Morgan fingerprint density at radius 2 is 1.71 bits per heavy atom. The number of aryl methyl sites for hydroxylation is 2. The van der Waals surface area contributed by atoms with Crippen LogP contribution in [0.1, 0.15) is 88.6 Å². The third-order valence-corrected chi connectivity index (χ3v) is 6.13. The van der Waals surface area contributed by atoms with Crippen molar-refractivity contribution >= 4 is 0 Å². The molecule has 0 bridgehead atoms. The number of tetrazole rings is 1. The first-order chi connectivity index (χ1) is 16.6. The van der Waals surface area contributed by atoms with E-state index in [2.05, 4.69) is 94.0 Å². The van der Waals surface area contributed by atoms with E-state index in [0.717, 1.165) is 61.7 Å². The molecule has 0 aliphatic carbocycles. The molecule has 34 heavy (non-hydrogen) atoms. The summed E-state index contributed by atoms with van der Waals surface area (Å²) < 4.78 is 4.33. The van der Waals surface area contributed by atoms with Crippen molar-refractivity contribution in [1.29, 1.82) is 0 Å². The molecule has 3 aromatic heterocycles. The summed E-state index contributed by atoms with van der Waals surface area (Å²) >= 11 is 0. The number of aromatic nitrogens is 8. The van der Waals surface area contributed by atoms with Crippen LogP contribution in [0.15, 0.2) is 36.4 Å². The smallest absolute Gasteiger partial charge is 0.221 e. The van der Waals surface area contributed by atoms with Gasteiger partial charge in [0.05, 0.1) is 12.2 Å². The predicted molar refractivity (Wildman–Crippen MR) is 134 cm³/mol. The minimum atomic E-state index is 0.326. The third kappa shape index (κ3) is 5.43. The topological polar surface area (TPSA) is 90.1 Å². The number of hydrogen-bond donors (Lipinski definition) is 1. The lowest BCUT2D eigenvalue weighted by atomic mass is 10.1. The average Bonchev–Trinajstić information content (AvgIpc) is 3.58. The van der Waals surface area contributed by atoms with Crippen LogP contribution in [-0.2, 0) is 19.4 Å².